The number of hydrogen-bond donors (Lipinski definition) is 1. The van der Waals surface area contributed by atoms with Gasteiger partial charge in [-0.05, 0) is 39.5 Å². The maximum atomic E-state index is 11.7. The fourth-order valence-electron chi connectivity index (χ4n) is 3.91. The van der Waals surface area contributed by atoms with E-state index in [0.29, 0.717) is 12.8 Å². The summed E-state index contributed by atoms with van der Waals surface area (Å²) in [5, 5.41) is 12.8. The maximum Gasteiger partial charge on any atom is 0.224 e. The molecule has 1 N–H and O–H groups in total. The van der Waals surface area contributed by atoms with Crippen molar-refractivity contribution < 1.29 is 14.5 Å². The van der Waals surface area contributed by atoms with Crippen LogP contribution in [-0.4, -0.2) is 71.0 Å². The first-order valence-electron chi connectivity index (χ1n) is 8.72. The average molecular weight is 298 g/mol. The quantitative estimate of drug-likeness (QED) is 0.692. The number of nitrogens with zero attached hydrogens (tertiary/aromatic N) is 3. The van der Waals surface area contributed by atoms with Crippen LogP contribution in [0.25, 0.3) is 0 Å². The minimum atomic E-state index is -0.575. The minimum absolute atomic E-state index is 0.119. The number of likely N-dealkylation sites (tertiary alicyclic amines) is 1. The van der Waals surface area contributed by atoms with Crippen LogP contribution in [0.1, 0.15) is 52.4 Å². The van der Waals surface area contributed by atoms with Gasteiger partial charge in [-0.25, -0.2) is 4.59 Å². The molecule has 21 heavy (non-hydrogen) atoms. The first kappa shape index (κ1) is 16.7. The summed E-state index contributed by atoms with van der Waals surface area (Å²) in [6.07, 6.45) is 5.23. The van der Waals surface area contributed by atoms with Gasteiger partial charge in [0.15, 0.2) is 0 Å². The molecule has 0 radical (unpaired) electrons. The van der Waals surface area contributed by atoms with Crippen LogP contribution in [0.3, 0.4) is 0 Å². The second-order valence-corrected chi connectivity index (χ2v) is 6.43. The standard InChI is InChI=1S/C16H32N3O2/c1-3-19(4-2,17-11-5-6-12-17)14-8-10-16(21)18-13-7-9-15(18)20/h16,21H,3-14H2,1-2H3/q+1. The molecule has 0 aromatic carbocycles. The molecule has 1 amide bonds. The Kier molecular flexibility index (Phi) is 6.02. The molecule has 5 heteroatoms. The molecular weight excluding hydrogens is 266 g/mol. The van der Waals surface area contributed by atoms with Crippen LogP contribution in [0.2, 0.25) is 0 Å². The van der Waals surface area contributed by atoms with Crippen molar-refractivity contribution in [3.05, 3.63) is 0 Å². The molecular formula is C16H32N3O2+. The molecule has 2 aliphatic rings. The van der Waals surface area contributed by atoms with Crippen molar-refractivity contribution in [1.82, 2.24) is 9.91 Å². The molecule has 0 aromatic rings. The fourth-order valence-corrected chi connectivity index (χ4v) is 3.91. The van der Waals surface area contributed by atoms with Gasteiger partial charge in [0.05, 0.1) is 19.6 Å². The molecule has 0 aromatic heterocycles. The van der Waals surface area contributed by atoms with E-state index in [1.165, 1.54) is 25.9 Å². The first-order chi connectivity index (χ1) is 10.1. The monoisotopic (exact) mass is 298 g/mol. The lowest BCUT2D eigenvalue weighted by atomic mass is 10.2. The summed E-state index contributed by atoms with van der Waals surface area (Å²) in [6.45, 7) is 11.0. The third-order valence-corrected chi connectivity index (χ3v) is 5.37. The zero-order valence-corrected chi connectivity index (χ0v) is 13.8. The van der Waals surface area contributed by atoms with Crippen LogP contribution >= 0.6 is 0 Å². The summed E-state index contributed by atoms with van der Waals surface area (Å²) in [5.74, 6) is 0.119. The van der Waals surface area contributed by atoms with E-state index in [1.807, 2.05) is 0 Å². The van der Waals surface area contributed by atoms with Gasteiger partial charge in [-0.3, -0.25) is 4.79 Å². The highest BCUT2D eigenvalue weighted by Crippen LogP contribution is 2.22. The summed E-state index contributed by atoms with van der Waals surface area (Å²) >= 11 is 0. The van der Waals surface area contributed by atoms with Gasteiger partial charge >= 0.3 is 0 Å². The maximum absolute atomic E-state index is 11.7. The highest BCUT2D eigenvalue weighted by atomic mass is 16.3. The van der Waals surface area contributed by atoms with E-state index in [-0.39, 0.29) is 5.91 Å². The van der Waals surface area contributed by atoms with Crippen LogP contribution in [0.5, 0.6) is 0 Å². The Hall–Kier alpha value is -0.650. The van der Waals surface area contributed by atoms with E-state index in [0.717, 1.165) is 43.6 Å². The zero-order chi connectivity index (χ0) is 15.3. The van der Waals surface area contributed by atoms with E-state index < -0.39 is 6.23 Å². The smallest absolute Gasteiger partial charge is 0.224 e. The van der Waals surface area contributed by atoms with Crippen LogP contribution in [0.4, 0.5) is 0 Å². The van der Waals surface area contributed by atoms with Crippen LogP contribution in [0, 0.1) is 0 Å². The number of amides is 1. The molecule has 0 aliphatic carbocycles. The van der Waals surface area contributed by atoms with E-state index >= 15 is 0 Å². The molecule has 0 saturated carbocycles. The second-order valence-electron chi connectivity index (χ2n) is 6.43. The lowest BCUT2D eigenvalue weighted by Crippen LogP contribution is -2.59. The van der Waals surface area contributed by atoms with Crippen molar-refractivity contribution in [3.63, 3.8) is 0 Å². The zero-order valence-electron chi connectivity index (χ0n) is 13.8. The molecule has 2 saturated heterocycles. The number of aliphatic hydroxyl groups excluding tert-OH is 1. The topological polar surface area (TPSA) is 43.8 Å². The van der Waals surface area contributed by atoms with Gasteiger partial charge in [0, 0.05) is 32.5 Å². The van der Waals surface area contributed by atoms with E-state index in [1.54, 1.807) is 4.90 Å². The van der Waals surface area contributed by atoms with Gasteiger partial charge in [0.1, 0.15) is 6.23 Å². The number of aliphatic hydroxyl groups is 1. The van der Waals surface area contributed by atoms with Gasteiger partial charge in [-0.1, -0.05) is 0 Å². The Bertz CT molecular complexity index is 338. The number of hydrogen-bond acceptors (Lipinski definition) is 3. The van der Waals surface area contributed by atoms with Crippen LogP contribution in [-0.2, 0) is 4.79 Å². The van der Waals surface area contributed by atoms with E-state index in [4.69, 9.17) is 0 Å². The van der Waals surface area contributed by atoms with Crippen molar-refractivity contribution in [2.45, 2.75) is 58.6 Å². The third-order valence-electron chi connectivity index (χ3n) is 5.37. The Labute approximate surface area is 129 Å². The highest BCUT2D eigenvalue weighted by molar-refractivity contribution is 5.78. The summed E-state index contributed by atoms with van der Waals surface area (Å²) in [4.78, 5) is 13.3. The third kappa shape index (κ3) is 3.76. The molecule has 5 nitrogen and oxygen atoms in total. The molecule has 1 unspecified atom stereocenters. The molecule has 2 heterocycles. The Balaban J connectivity index is 1.82. The molecule has 0 bridgehead atoms. The summed E-state index contributed by atoms with van der Waals surface area (Å²) in [7, 11) is 0. The Morgan fingerprint density at radius 3 is 2.33 bits per heavy atom. The van der Waals surface area contributed by atoms with Gasteiger partial charge < -0.3 is 10.0 Å². The van der Waals surface area contributed by atoms with Crippen molar-refractivity contribution in [3.8, 4) is 0 Å². The van der Waals surface area contributed by atoms with E-state index in [9.17, 15) is 9.90 Å². The summed E-state index contributed by atoms with van der Waals surface area (Å²) < 4.78 is 1.04. The number of carbonyl (C=O) groups excluding carboxylic acids is 1. The summed E-state index contributed by atoms with van der Waals surface area (Å²) in [5.41, 5.74) is 0. The Morgan fingerprint density at radius 1 is 1.14 bits per heavy atom. The van der Waals surface area contributed by atoms with Crippen LogP contribution in [0.15, 0.2) is 0 Å². The van der Waals surface area contributed by atoms with Crippen LogP contribution < -0.4 is 0 Å². The normalized spacial score (nSPS) is 22.2. The highest BCUT2D eigenvalue weighted by Gasteiger charge is 2.34. The molecule has 2 aliphatic heterocycles. The lowest BCUT2D eigenvalue weighted by Gasteiger charge is -2.43. The van der Waals surface area contributed by atoms with Crippen molar-refractivity contribution >= 4 is 5.91 Å². The van der Waals surface area contributed by atoms with E-state index in [2.05, 4.69) is 18.9 Å². The number of rotatable bonds is 8. The van der Waals surface area contributed by atoms with Gasteiger partial charge in [0.25, 0.3) is 0 Å². The predicted octanol–water partition coefficient (Wildman–Crippen LogP) is 1.57. The largest absolute Gasteiger partial charge is 0.374 e. The van der Waals surface area contributed by atoms with Gasteiger partial charge in [-0.2, -0.15) is 5.01 Å². The Morgan fingerprint density at radius 2 is 1.81 bits per heavy atom. The van der Waals surface area contributed by atoms with Gasteiger partial charge in [0.2, 0.25) is 5.91 Å². The number of carbonyl (C=O) groups is 1. The summed E-state index contributed by atoms with van der Waals surface area (Å²) in [6, 6.07) is 0. The fraction of sp³-hybridized carbons (Fsp3) is 0.938. The number of quaternary nitrogens is 1. The average Bonchev–Trinajstić information content (AvgIpc) is 3.15. The van der Waals surface area contributed by atoms with Crippen molar-refractivity contribution in [1.29, 1.82) is 0 Å². The lowest BCUT2D eigenvalue weighted by molar-refractivity contribution is -1.03. The molecule has 2 fully saturated rings. The second kappa shape index (κ2) is 7.56. The molecule has 0 spiro atoms. The van der Waals surface area contributed by atoms with Crippen molar-refractivity contribution in [2.75, 3.05) is 39.3 Å². The minimum Gasteiger partial charge on any atom is -0.374 e. The molecule has 1 atom stereocenters. The predicted molar refractivity (Wildman–Crippen MR) is 83.2 cm³/mol. The SMILES string of the molecule is CC[N+](CC)(CCCC(O)N1CCCC1=O)N1CCCC1. The molecule has 122 valence electrons. The molecule has 2 rings (SSSR count). The first-order valence-corrected chi connectivity index (χ1v) is 8.72. The van der Waals surface area contributed by atoms with Gasteiger partial charge in [-0.15, -0.1) is 0 Å². The van der Waals surface area contributed by atoms with Crippen molar-refractivity contribution in [2.24, 2.45) is 0 Å².